The summed E-state index contributed by atoms with van der Waals surface area (Å²) in [5.41, 5.74) is 1.06. The summed E-state index contributed by atoms with van der Waals surface area (Å²) < 4.78 is 33.0. The number of carbonyl (C=O) groups excluding carboxylic acids is 5. The van der Waals surface area contributed by atoms with Gasteiger partial charge >= 0.3 is 6.09 Å². The molecule has 3 N–H and O–H groups in total. The standard InChI is InChI=1S/C37H51N5O8S/c1-5-26-19-37(26,34(46)40-51(48,49)27-14-15-27)39-32(44)29-17-23-18-30(43)41-21-25-13-10-12-24(28(25)22-41)11-8-6-7-9-16-50-35(47)38-31(36(2,3)4)33(45)42(29)20-23/h8,10-13,23,26-27,29,31H,5-7,9,14-22H2,1-4H3,(H,38,47)(H,39,44)(H,40,46)/b11-8+/t23-,26-,29-,31+,37+/m0/s1. The third kappa shape index (κ3) is 7.95. The van der Waals surface area contributed by atoms with Crippen LogP contribution in [0.5, 0.6) is 0 Å². The molecule has 6 rings (SSSR count). The van der Waals surface area contributed by atoms with Gasteiger partial charge in [0.1, 0.15) is 17.6 Å². The Morgan fingerprint density at radius 3 is 2.55 bits per heavy atom. The molecule has 13 nitrogen and oxygen atoms in total. The average Bonchev–Trinajstić information content (AvgIpc) is 3.96. The minimum Gasteiger partial charge on any atom is -0.450 e. The fourth-order valence-corrected chi connectivity index (χ4v) is 9.09. The summed E-state index contributed by atoms with van der Waals surface area (Å²) in [5.74, 6) is -2.58. The van der Waals surface area contributed by atoms with Crippen LogP contribution in [-0.4, -0.2) is 84.0 Å². The molecule has 3 heterocycles. The zero-order valence-electron chi connectivity index (χ0n) is 30.0. The first-order valence-corrected chi connectivity index (χ1v) is 19.8. The molecule has 1 aromatic rings. The minimum absolute atomic E-state index is 0.0857. The molecular formula is C37H51N5O8S. The number of ether oxygens (including phenoxy) is 1. The minimum atomic E-state index is -3.85. The van der Waals surface area contributed by atoms with Gasteiger partial charge < -0.3 is 25.2 Å². The van der Waals surface area contributed by atoms with Gasteiger partial charge in [0.25, 0.3) is 5.91 Å². The fraction of sp³-hybridized carbons (Fsp3) is 0.649. The van der Waals surface area contributed by atoms with Gasteiger partial charge in [-0.2, -0.15) is 0 Å². The lowest BCUT2D eigenvalue weighted by molar-refractivity contribution is -0.143. The lowest BCUT2D eigenvalue weighted by Gasteiger charge is -2.35. The second-order valence-corrected chi connectivity index (χ2v) is 17.9. The molecule has 14 heteroatoms. The number of rotatable bonds is 6. The van der Waals surface area contributed by atoms with E-state index < -0.39 is 62.1 Å². The van der Waals surface area contributed by atoms with E-state index in [-0.39, 0.29) is 50.2 Å². The van der Waals surface area contributed by atoms with Crippen LogP contribution in [0.3, 0.4) is 0 Å². The number of carbonyl (C=O) groups is 5. The summed E-state index contributed by atoms with van der Waals surface area (Å²) in [7, 11) is -3.85. The molecule has 2 saturated carbocycles. The van der Waals surface area contributed by atoms with Crippen LogP contribution in [0.1, 0.15) is 102 Å². The highest BCUT2D eigenvalue weighted by molar-refractivity contribution is 7.91. The molecule has 3 aliphatic heterocycles. The second kappa shape index (κ2) is 14.2. The molecule has 278 valence electrons. The Morgan fingerprint density at radius 1 is 1.10 bits per heavy atom. The number of fused-ring (bicyclic) bond motifs is 3. The van der Waals surface area contributed by atoms with Gasteiger partial charge in [0.15, 0.2) is 0 Å². The van der Waals surface area contributed by atoms with Crippen LogP contribution < -0.4 is 15.4 Å². The van der Waals surface area contributed by atoms with Crippen LogP contribution in [0.2, 0.25) is 0 Å². The molecule has 0 spiro atoms. The predicted molar refractivity (Wildman–Crippen MR) is 189 cm³/mol. The topological polar surface area (TPSA) is 171 Å². The van der Waals surface area contributed by atoms with Gasteiger partial charge in [0, 0.05) is 26.1 Å². The van der Waals surface area contributed by atoms with Crippen molar-refractivity contribution in [1.82, 2.24) is 25.2 Å². The van der Waals surface area contributed by atoms with Crippen molar-refractivity contribution >= 4 is 45.8 Å². The third-order valence-electron chi connectivity index (χ3n) is 11.0. The first kappa shape index (κ1) is 36.8. The van der Waals surface area contributed by atoms with Crippen LogP contribution in [0.25, 0.3) is 6.08 Å². The van der Waals surface area contributed by atoms with Gasteiger partial charge in [-0.15, -0.1) is 0 Å². The van der Waals surface area contributed by atoms with Crippen molar-refractivity contribution in [3.8, 4) is 0 Å². The van der Waals surface area contributed by atoms with Gasteiger partial charge in [-0.1, -0.05) is 64.5 Å². The van der Waals surface area contributed by atoms with Gasteiger partial charge in [-0.3, -0.25) is 23.9 Å². The maximum absolute atomic E-state index is 14.4. The summed E-state index contributed by atoms with van der Waals surface area (Å²) in [6.45, 7) is 8.51. The summed E-state index contributed by atoms with van der Waals surface area (Å²) in [5, 5.41) is 5.00. The number of hydrogen-bond acceptors (Lipinski definition) is 8. The molecule has 3 fully saturated rings. The molecule has 5 aliphatic rings. The molecule has 5 amide bonds. The highest BCUT2D eigenvalue weighted by Crippen LogP contribution is 2.47. The Hall–Kier alpha value is -3.94. The fourth-order valence-electron chi connectivity index (χ4n) is 7.73. The third-order valence-corrected chi connectivity index (χ3v) is 12.8. The van der Waals surface area contributed by atoms with Crippen LogP contribution in [0, 0.1) is 17.3 Å². The van der Waals surface area contributed by atoms with Crippen molar-refractivity contribution in [2.75, 3.05) is 13.2 Å². The molecule has 5 atom stereocenters. The predicted octanol–water partition coefficient (Wildman–Crippen LogP) is 3.37. The zero-order chi connectivity index (χ0) is 36.7. The Morgan fingerprint density at radius 2 is 1.86 bits per heavy atom. The molecule has 1 saturated heterocycles. The number of benzene rings is 1. The summed E-state index contributed by atoms with van der Waals surface area (Å²) in [6.07, 6.45) is 7.69. The molecular weight excluding hydrogens is 675 g/mol. The van der Waals surface area contributed by atoms with Gasteiger partial charge in [0.05, 0.1) is 11.9 Å². The molecule has 0 aromatic heterocycles. The number of alkyl carbamates (subject to hydrolysis) is 1. The van der Waals surface area contributed by atoms with Crippen molar-refractivity contribution in [3.63, 3.8) is 0 Å². The number of allylic oxidation sites excluding steroid dienone is 1. The average molecular weight is 726 g/mol. The maximum atomic E-state index is 14.4. The van der Waals surface area contributed by atoms with E-state index >= 15 is 0 Å². The van der Waals surface area contributed by atoms with E-state index in [2.05, 4.69) is 27.5 Å². The smallest absolute Gasteiger partial charge is 0.407 e. The SMILES string of the molecule is CC[C@H]1C[C@]1(NC(=O)[C@@H]1C[C@H]2CC(=O)N3Cc4cccc(c4C3)/C=C/CCCCOC(=O)N[C@@H](C(C)(C)C)C(=O)N1C2)C(=O)NS(=O)(=O)C1CC1. The lowest BCUT2D eigenvalue weighted by Crippen LogP contribution is -2.60. The van der Waals surface area contributed by atoms with Crippen molar-refractivity contribution in [2.24, 2.45) is 17.3 Å². The highest BCUT2D eigenvalue weighted by atomic mass is 32.2. The van der Waals surface area contributed by atoms with Crippen LogP contribution in [0.15, 0.2) is 24.3 Å². The number of hydrogen-bond donors (Lipinski definition) is 3. The molecule has 4 bridgehead atoms. The summed E-state index contributed by atoms with van der Waals surface area (Å²) in [6, 6.07) is 3.95. The van der Waals surface area contributed by atoms with Gasteiger partial charge in [-0.25, -0.2) is 13.2 Å². The molecule has 1 aromatic carbocycles. The van der Waals surface area contributed by atoms with E-state index in [1.165, 1.54) is 4.90 Å². The number of cyclic esters (lactones) is 1. The van der Waals surface area contributed by atoms with E-state index in [9.17, 15) is 32.4 Å². The summed E-state index contributed by atoms with van der Waals surface area (Å²) >= 11 is 0. The molecule has 51 heavy (non-hydrogen) atoms. The largest absolute Gasteiger partial charge is 0.450 e. The van der Waals surface area contributed by atoms with E-state index in [0.29, 0.717) is 38.8 Å². The van der Waals surface area contributed by atoms with Crippen LogP contribution in [0.4, 0.5) is 4.79 Å². The zero-order valence-corrected chi connectivity index (χ0v) is 30.9. The molecule has 2 aliphatic carbocycles. The van der Waals surface area contributed by atoms with Crippen molar-refractivity contribution in [2.45, 2.75) is 121 Å². The van der Waals surface area contributed by atoms with Crippen LogP contribution in [-0.2, 0) is 47.0 Å². The number of amides is 5. The second-order valence-electron chi connectivity index (χ2n) is 16.0. The van der Waals surface area contributed by atoms with Crippen molar-refractivity contribution in [3.05, 3.63) is 41.0 Å². The van der Waals surface area contributed by atoms with E-state index in [1.807, 2.05) is 50.8 Å². The van der Waals surface area contributed by atoms with Gasteiger partial charge in [0.2, 0.25) is 27.7 Å². The van der Waals surface area contributed by atoms with Crippen molar-refractivity contribution < 1.29 is 37.1 Å². The van der Waals surface area contributed by atoms with Crippen molar-refractivity contribution in [1.29, 1.82) is 0 Å². The number of nitrogens with zero attached hydrogens (tertiary/aromatic N) is 2. The van der Waals surface area contributed by atoms with Gasteiger partial charge in [-0.05, 0) is 78.9 Å². The Kier molecular flexibility index (Phi) is 10.3. The first-order chi connectivity index (χ1) is 24.1. The van der Waals surface area contributed by atoms with Crippen LogP contribution >= 0.6 is 0 Å². The Balaban J connectivity index is 1.27. The number of sulfonamides is 1. The maximum Gasteiger partial charge on any atom is 0.407 e. The molecule has 0 radical (unpaired) electrons. The Labute approximate surface area is 300 Å². The summed E-state index contributed by atoms with van der Waals surface area (Å²) in [4.78, 5) is 72.1. The van der Waals surface area contributed by atoms with E-state index in [0.717, 1.165) is 29.5 Å². The molecule has 0 unspecified atom stereocenters. The quantitative estimate of drug-likeness (QED) is 0.401. The monoisotopic (exact) mass is 725 g/mol. The highest BCUT2D eigenvalue weighted by Gasteiger charge is 2.62. The number of nitrogens with one attached hydrogen (secondary N) is 3. The van der Waals surface area contributed by atoms with E-state index in [1.54, 1.807) is 0 Å². The Bertz CT molecular complexity index is 1720. The normalized spacial score (nSPS) is 29.5. The first-order valence-electron chi connectivity index (χ1n) is 18.3. The van der Waals surface area contributed by atoms with E-state index in [4.69, 9.17) is 4.74 Å². The lowest BCUT2D eigenvalue weighted by atomic mass is 9.85.